The van der Waals surface area contributed by atoms with E-state index in [4.69, 9.17) is 20.3 Å². The third-order valence-electron chi connectivity index (χ3n) is 3.65. The fourth-order valence-corrected chi connectivity index (χ4v) is 2.78. The number of hydrogen-bond donors (Lipinski definition) is 5. The van der Waals surface area contributed by atoms with Gasteiger partial charge in [0.25, 0.3) is 0 Å². The van der Waals surface area contributed by atoms with Gasteiger partial charge < -0.3 is 30.5 Å². The van der Waals surface area contributed by atoms with Crippen LogP contribution in [-0.2, 0) is 13.8 Å². The van der Waals surface area contributed by atoms with Crippen molar-refractivity contribution in [2.24, 2.45) is 10.7 Å². The SMILES string of the molecule is C=Nc1c(C(N)=C=CCC)ncn1[C@@H]1O[C@H](COP(=O)(O)O)C(O)C1O. The summed E-state index contributed by atoms with van der Waals surface area (Å²) in [7, 11) is -4.74. The summed E-state index contributed by atoms with van der Waals surface area (Å²) in [5.41, 5.74) is 9.22. The third-order valence-corrected chi connectivity index (χ3v) is 4.14. The first kappa shape index (κ1) is 20.5. The van der Waals surface area contributed by atoms with Crippen molar-refractivity contribution in [1.29, 1.82) is 0 Å². The summed E-state index contributed by atoms with van der Waals surface area (Å²) in [6.45, 7) is 4.74. The van der Waals surface area contributed by atoms with Crippen LogP contribution in [0.4, 0.5) is 5.82 Å². The lowest BCUT2D eigenvalue weighted by Crippen LogP contribution is -2.33. The summed E-state index contributed by atoms with van der Waals surface area (Å²) in [6.07, 6.45) is -1.43. The zero-order valence-electron chi connectivity index (χ0n) is 14.0. The first-order valence-corrected chi connectivity index (χ1v) is 9.18. The number of aromatic nitrogens is 2. The maximum absolute atomic E-state index is 10.8. The largest absolute Gasteiger partial charge is 0.469 e. The molecule has 1 saturated heterocycles. The van der Waals surface area contributed by atoms with E-state index in [1.807, 2.05) is 6.92 Å². The van der Waals surface area contributed by atoms with Gasteiger partial charge in [0.15, 0.2) is 12.0 Å². The summed E-state index contributed by atoms with van der Waals surface area (Å²) in [4.78, 5) is 25.5. The van der Waals surface area contributed by atoms with Gasteiger partial charge in [-0.2, -0.15) is 0 Å². The van der Waals surface area contributed by atoms with Crippen LogP contribution in [-0.4, -0.2) is 61.2 Å². The Labute approximate surface area is 149 Å². The maximum atomic E-state index is 10.8. The monoisotopic (exact) mass is 388 g/mol. The van der Waals surface area contributed by atoms with Crippen molar-refractivity contribution in [3.8, 4) is 0 Å². The van der Waals surface area contributed by atoms with Crippen molar-refractivity contribution in [1.82, 2.24) is 9.55 Å². The quantitative estimate of drug-likeness (QED) is 0.241. The highest BCUT2D eigenvalue weighted by Gasteiger charge is 2.45. The number of imidazole rings is 1. The van der Waals surface area contributed by atoms with Crippen LogP contribution in [0.25, 0.3) is 5.70 Å². The molecule has 6 N–H and O–H groups in total. The van der Waals surface area contributed by atoms with Gasteiger partial charge in [0.1, 0.15) is 29.7 Å². The molecule has 2 unspecified atom stereocenters. The highest BCUT2D eigenvalue weighted by Crippen LogP contribution is 2.39. The Morgan fingerprint density at radius 3 is 2.85 bits per heavy atom. The molecule has 2 heterocycles. The zero-order chi connectivity index (χ0) is 19.5. The summed E-state index contributed by atoms with van der Waals surface area (Å²) < 4.78 is 21.9. The number of hydrogen-bond acceptors (Lipinski definition) is 8. The van der Waals surface area contributed by atoms with E-state index in [0.717, 1.165) is 6.42 Å². The van der Waals surface area contributed by atoms with Crippen LogP contribution in [0.1, 0.15) is 25.3 Å². The van der Waals surface area contributed by atoms with Crippen molar-refractivity contribution in [2.45, 2.75) is 37.9 Å². The Balaban J connectivity index is 2.28. The van der Waals surface area contributed by atoms with E-state index >= 15 is 0 Å². The predicted octanol–water partition coefficient (Wildman–Crippen LogP) is -0.192. The molecule has 0 radical (unpaired) electrons. The first-order valence-electron chi connectivity index (χ1n) is 7.65. The minimum atomic E-state index is -4.74. The molecule has 26 heavy (non-hydrogen) atoms. The van der Waals surface area contributed by atoms with Crippen molar-refractivity contribution in [2.75, 3.05) is 6.61 Å². The van der Waals surface area contributed by atoms with Gasteiger partial charge in [-0.05, 0) is 19.2 Å². The van der Waals surface area contributed by atoms with Crippen LogP contribution in [0, 0.1) is 0 Å². The maximum Gasteiger partial charge on any atom is 0.469 e. The van der Waals surface area contributed by atoms with E-state index < -0.39 is 39.0 Å². The number of nitrogens with two attached hydrogens (primary N) is 1. The number of aliphatic hydroxyl groups is 2. The van der Waals surface area contributed by atoms with Crippen molar-refractivity contribution >= 4 is 26.1 Å². The average Bonchev–Trinajstić information content (AvgIpc) is 3.12. The molecule has 1 aromatic rings. The van der Waals surface area contributed by atoms with E-state index in [1.165, 1.54) is 10.9 Å². The van der Waals surface area contributed by atoms with Crippen molar-refractivity contribution in [3.63, 3.8) is 0 Å². The van der Waals surface area contributed by atoms with Crippen LogP contribution >= 0.6 is 7.82 Å². The van der Waals surface area contributed by atoms with Gasteiger partial charge in [-0.1, -0.05) is 12.7 Å². The molecule has 12 heteroatoms. The minimum Gasteiger partial charge on any atom is -0.391 e. The van der Waals surface area contributed by atoms with Gasteiger partial charge in [0, 0.05) is 0 Å². The number of ether oxygens (including phenoxy) is 1. The molecule has 0 aromatic carbocycles. The van der Waals surface area contributed by atoms with Gasteiger partial charge in [-0.3, -0.25) is 9.09 Å². The van der Waals surface area contributed by atoms with Crippen molar-refractivity contribution in [3.05, 3.63) is 23.8 Å². The second-order valence-electron chi connectivity index (χ2n) is 5.49. The fourth-order valence-electron chi connectivity index (χ4n) is 2.44. The molecule has 0 spiro atoms. The number of rotatable bonds is 7. The van der Waals surface area contributed by atoms with Crippen LogP contribution in [0.2, 0.25) is 0 Å². The first-order chi connectivity index (χ1) is 12.2. The lowest BCUT2D eigenvalue weighted by atomic mass is 10.1. The van der Waals surface area contributed by atoms with Crippen LogP contribution in [0.3, 0.4) is 0 Å². The summed E-state index contributed by atoms with van der Waals surface area (Å²) in [5, 5.41) is 20.3. The Kier molecular flexibility index (Phi) is 6.51. The molecule has 144 valence electrons. The van der Waals surface area contributed by atoms with Gasteiger partial charge in [0.05, 0.1) is 12.9 Å². The minimum absolute atomic E-state index is 0.187. The van der Waals surface area contributed by atoms with Gasteiger partial charge in [-0.15, -0.1) is 0 Å². The topological polar surface area (TPSA) is 173 Å². The molecule has 2 rings (SSSR count). The van der Waals surface area contributed by atoms with Crippen LogP contribution in [0.15, 0.2) is 23.1 Å². The summed E-state index contributed by atoms with van der Waals surface area (Å²) >= 11 is 0. The molecule has 0 saturated carbocycles. The number of phosphoric acid groups is 1. The molecule has 11 nitrogen and oxygen atoms in total. The number of nitrogens with zero attached hydrogens (tertiary/aromatic N) is 3. The van der Waals surface area contributed by atoms with Gasteiger partial charge >= 0.3 is 7.82 Å². The lowest BCUT2D eigenvalue weighted by Gasteiger charge is -2.17. The highest BCUT2D eigenvalue weighted by atomic mass is 31.2. The molecule has 1 aliphatic heterocycles. The average molecular weight is 388 g/mol. The number of allylic oxidation sites excluding steroid dienone is 1. The van der Waals surface area contributed by atoms with E-state index in [0.29, 0.717) is 0 Å². The van der Waals surface area contributed by atoms with E-state index in [1.54, 1.807) is 6.08 Å². The standard InChI is InChI=1S/C14H21N4O7P/c1-3-4-5-8(15)10-13(16-2)18(7-17-10)14-12(20)11(19)9(25-14)6-24-26(21,22)23/h4,7,9,11-12,14,19-20H,2-3,6,15H2,1H3,(H2,21,22,23)/t5?,9-,11?,12?,14-/m1/s1. The highest BCUT2D eigenvalue weighted by molar-refractivity contribution is 7.46. The summed E-state index contributed by atoms with van der Waals surface area (Å²) in [5.74, 6) is 0.187. The van der Waals surface area contributed by atoms with Gasteiger partial charge in [0.2, 0.25) is 0 Å². The third kappa shape index (κ3) is 4.47. The molecule has 4 atom stereocenters. The number of aliphatic hydroxyl groups excluding tert-OH is 2. The summed E-state index contributed by atoms with van der Waals surface area (Å²) in [6, 6.07) is 0. The van der Waals surface area contributed by atoms with E-state index in [-0.39, 0.29) is 17.2 Å². The van der Waals surface area contributed by atoms with Crippen LogP contribution in [0.5, 0.6) is 0 Å². The lowest BCUT2D eigenvalue weighted by molar-refractivity contribution is -0.0512. The van der Waals surface area contributed by atoms with E-state index in [2.05, 4.69) is 26.9 Å². The normalized spacial score (nSPS) is 25.7. The smallest absolute Gasteiger partial charge is 0.391 e. The molecular formula is C14H21N4O7P. The Hall–Kier alpha value is -1.81. The molecule has 0 amide bonds. The Morgan fingerprint density at radius 2 is 2.27 bits per heavy atom. The molecular weight excluding hydrogens is 367 g/mol. The molecule has 0 aliphatic carbocycles. The molecule has 1 aromatic heterocycles. The number of aliphatic imine (C=N–C) groups is 1. The number of phosphoric ester groups is 1. The Bertz CT molecular complexity index is 767. The van der Waals surface area contributed by atoms with E-state index in [9.17, 15) is 14.8 Å². The van der Waals surface area contributed by atoms with Crippen molar-refractivity contribution < 1.29 is 33.8 Å². The molecule has 1 aliphatic rings. The molecule has 1 fully saturated rings. The van der Waals surface area contributed by atoms with Crippen LogP contribution < -0.4 is 5.73 Å². The second kappa shape index (κ2) is 8.26. The zero-order valence-corrected chi connectivity index (χ0v) is 14.9. The fraction of sp³-hybridized carbons (Fsp3) is 0.500. The van der Waals surface area contributed by atoms with Gasteiger partial charge in [-0.25, -0.2) is 14.5 Å². The molecule has 0 bridgehead atoms. The Morgan fingerprint density at radius 1 is 1.58 bits per heavy atom. The predicted molar refractivity (Wildman–Crippen MR) is 91.3 cm³/mol. The second-order valence-corrected chi connectivity index (χ2v) is 6.72.